The number of ether oxygens (including phenoxy) is 1. The summed E-state index contributed by atoms with van der Waals surface area (Å²) in [7, 11) is 2.01. The second-order valence-electron chi connectivity index (χ2n) is 9.87. The number of hydrogen-bond donors (Lipinski definition) is 0. The zero-order valence-corrected chi connectivity index (χ0v) is 20.3. The van der Waals surface area contributed by atoms with Gasteiger partial charge in [-0.2, -0.15) is 5.26 Å². The van der Waals surface area contributed by atoms with Gasteiger partial charge in [0.15, 0.2) is 0 Å². The van der Waals surface area contributed by atoms with Crippen molar-refractivity contribution in [3.63, 3.8) is 0 Å². The fourth-order valence-corrected chi connectivity index (χ4v) is 4.31. The van der Waals surface area contributed by atoms with E-state index in [0.717, 1.165) is 44.8 Å². The number of amides is 2. The van der Waals surface area contributed by atoms with Gasteiger partial charge in [0.25, 0.3) is 0 Å². The molecule has 1 atom stereocenters. The van der Waals surface area contributed by atoms with Crippen molar-refractivity contribution in [1.82, 2.24) is 19.7 Å². The molecule has 9 nitrogen and oxygen atoms in total. The van der Waals surface area contributed by atoms with E-state index in [2.05, 4.69) is 20.9 Å². The summed E-state index contributed by atoms with van der Waals surface area (Å²) in [4.78, 5) is 37.6. The normalized spacial score (nSPS) is 19.0. The Labute approximate surface area is 196 Å². The number of pyridine rings is 1. The number of aromatic nitrogens is 1. The van der Waals surface area contributed by atoms with Crippen molar-refractivity contribution in [2.45, 2.75) is 51.7 Å². The van der Waals surface area contributed by atoms with Gasteiger partial charge in [-0.25, -0.2) is 9.78 Å². The molecule has 2 aliphatic rings. The number of piperazine rings is 1. The molecular formula is C24H36N6O3. The van der Waals surface area contributed by atoms with Gasteiger partial charge in [-0.3, -0.25) is 4.79 Å². The average molecular weight is 457 g/mol. The van der Waals surface area contributed by atoms with Crippen LogP contribution in [0, 0.1) is 11.3 Å². The molecule has 0 saturated carbocycles. The van der Waals surface area contributed by atoms with Crippen molar-refractivity contribution in [2.75, 3.05) is 57.8 Å². The Morgan fingerprint density at radius 3 is 2.55 bits per heavy atom. The maximum absolute atomic E-state index is 12.7. The third-order valence-corrected chi connectivity index (χ3v) is 6.07. The molecule has 2 amide bonds. The number of carbonyl (C=O) groups excluding carboxylic acids is 2. The molecule has 180 valence electrons. The van der Waals surface area contributed by atoms with E-state index in [4.69, 9.17) is 10.00 Å². The highest BCUT2D eigenvalue weighted by atomic mass is 16.6. The van der Waals surface area contributed by atoms with Crippen molar-refractivity contribution in [3.05, 3.63) is 23.9 Å². The first kappa shape index (κ1) is 24.8. The van der Waals surface area contributed by atoms with Gasteiger partial charge in [0.2, 0.25) is 5.91 Å². The second-order valence-corrected chi connectivity index (χ2v) is 9.87. The molecular weight excluding hydrogens is 420 g/mol. The van der Waals surface area contributed by atoms with Crippen LogP contribution >= 0.6 is 0 Å². The van der Waals surface area contributed by atoms with Crippen LogP contribution < -0.4 is 4.90 Å². The van der Waals surface area contributed by atoms with Crippen LogP contribution in [0.4, 0.5) is 10.6 Å². The van der Waals surface area contributed by atoms with Gasteiger partial charge < -0.3 is 24.3 Å². The molecule has 2 fully saturated rings. The first-order valence-corrected chi connectivity index (χ1v) is 11.7. The summed E-state index contributed by atoms with van der Waals surface area (Å²) >= 11 is 0. The van der Waals surface area contributed by atoms with Crippen LogP contribution in [0.15, 0.2) is 18.3 Å². The van der Waals surface area contributed by atoms with E-state index >= 15 is 0 Å². The fourth-order valence-electron chi connectivity index (χ4n) is 4.31. The monoisotopic (exact) mass is 456 g/mol. The smallest absolute Gasteiger partial charge is 0.410 e. The van der Waals surface area contributed by atoms with Crippen molar-refractivity contribution in [2.24, 2.45) is 0 Å². The highest BCUT2D eigenvalue weighted by Gasteiger charge is 2.33. The summed E-state index contributed by atoms with van der Waals surface area (Å²) in [5, 5.41) is 8.91. The molecule has 2 aliphatic heterocycles. The number of likely N-dealkylation sites (N-methyl/N-ethyl adjacent to an activating group) is 1. The summed E-state index contributed by atoms with van der Waals surface area (Å²) in [6, 6.07) is 5.83. The van der Waals surface area contributed by atoms with E-state index in [-0.39, 0.29) is 18.0 Å². The summed E-state index contributed by atoms with van der Waals surface area (Å²) in [5.74, 6) is 0.997. The van der Waals surface area contributed by atoms with Crippen LogP contribution in [0.3, 0.4) is 0 Å². The summed E-state index contributed by atoms with van der Waals surface area (Å²) in [6.45, 7) is 10.6. The maximum atomic E-state index is 12.7. The number of likely N-dealkylation sites (tertiary alicyclic amines) is 1. The van der Waals surface area contributed by atoms with E-state index in [1.807, 2.05) is 43.7 Å². The van der Waals surface area contributed by atoms with Crippen molar-refractivity contribution in [1.29, 1.82) is 5.26 Å². The Hall–Kier alpha value is -2.86. The van der Waals surface area contributed by atoms with Gasteiger partial charge >= 0.3 is 6.09 Å². The molecule has 3 rings (SSSR count). The Bertz CT molecular complexity index is 852. The lowest BCUT2D eigenvalue weighted by Gasteiger charge is -2.36. The molecule has 0 N–H and O–H groups in total. The summed E-state index contributed by atoms with van der Waals surface area (Å²) < 4.78 is 5.55. The molecule has 0 spiro atoms. The molecule has 0 aromatic carbocycles. The van der Waals surface area contributed by atoms with E-state index in [0.29, 0.717) is 31.6 Å². The molecule has 1 aromatic heterocycles. The Balaban J connectivity index is 1.40. The number of rotatable bonds is 6. The number of hydrogen-bond acceptors (Lipinski definition) is 7. The van der Waals surface area contributed by atoms with Gasteiger partial charge in [0, 0.05) is 64.5 Å². The van der Waals surface area contributed by atoms with E-state index in [1.165, 1.54) is 0 Å². The lowest BCUT2D eigenvalue weighted by atomic mass is 10.2. The summed E-state index contributed by atoms with van der Waals surface area (Å²) in [5.41, 5.74) is 0.0476. The molecule has 2 saturated heterocycles. The van der Waals surface area contributed by atoms with Gasteiger partial charge in [-0.05, 0) is 52.8 Å². The minimum atomic E-state index is -0.497. The van der Waals surface area contributed by atoms with Crippen LogP contribution in [0.5, 0.6) is 0 Å². The molecule has 0 bridgehead atoms. The summed E-state index contributed by atoms with van der Waals surface area (Å²) in [6.07, 6.45) is 3.74. The molecule has 0 radical (unpaired) electrons. The zero-order valence-electron chi connectivity index (χ0n) is 20.3. The molecule has 1 unspecified atom stereocenters. The minimum Gasteiger partial charge on any atom is -0.444 e. The number of nitriles is 1. The first-order chi connectivity index (χ1) is 15.7. The van der Waals surface area contributed by atoms with Crippen LogP contribution in [0.2, 0.25) is 0 Å². The highest BCUT2D eigenvalue weighted by Crippen LogP contribution is 2.21. The lowest BCUT2D eigenvalue weighted by molar-refractivity contribution is -0.131. The number of anilines is 1. The minimum absolute atomic E-state index is 0.128. The van der Waals surface area contributed by atoms with E-state index in [1.54, 1.807) is 12.3 Å². The largest absolute Gasteiger partial charge is 0.444 e. The molecule has 33 heavy (non-hydrogen) atoms. The van der Waals surface area contributed by atoms with E-state index < -0.39 is 5.60 Å². The highest BCUT2D eigenvalue weighted by molar-refractivity contribution is 5.76. The van der Waals surface area contributed by atoms with Crippen molar-refractivity contribution >= 4 is 17.8 Å². The third-order valence-electron chi connectivity index (χ3n) is 6.07. The van der Waals surface area contributed by atoms with Crippen molar-refractivity contribution in [3.8, 4) is 6.07 Å². The Morgan fingerprint density at radius 1 is 1.21 bits per heavy atom. The van der Waals surface area contributed by atoms with Crippen LogP contribution in [-0.4, -0.2) is 96.2 Å². The maximum Gasteiger partial charge on any atom is 0.410 e. The predicted molar refractivity (Wildman–Crippen MR) is 126 cm³/mol. The quantitative estimate of drug-likeness (QED) is 0.648. The van der Waals surface area contributed by atoms with Crippen LogP contribution in [0.25, 0.3) is 0 Å². The average Bonchev–Trinajstić information content (AvgIpc) is 3.25. The lowest BCUT2D eigenvalue weighted by Crippen LogP contribution is -2.49. The third kappa shape index (κ3) is 7.06. The zero-order chi connectivity index (χ0) is 24.0. The second kappa shape index (κ2) is 10.8. The molecule has 9 heteroatoms. The Morgan fingerprint density at radius 2 is 1.94 bits per heavy atom. The van der Waals surface area contributed by atoms with Crippen LogP contribution in [0.1, 0.15) is 45.6 Å². The van der Waals surface area contributed by atoms with Crippen molar-refractivity contribution < 1.29 is 14.3 Å². The van der Waals surface area contributed by atoms with Crippen LogP contribution in [-0.2, 0) is 9.53 Å². The fraction of sp³-hybridized carbons (Fsp3) is 0.667. The molecule has 1 aromatic rings. The number of carbonyl (C=O) groups is 2. The van der Waals surface area contributed by atoms with Gasteiger partial charge in [-0.15, -0.1) is 0 Å². The first-order valence-electron chi connectivity index (χ1n) is 11.7. The number of nitrogens with zero attached hydrogens (tertiary/aromatic N) is 6. The molecule has 3 heterocycles. The SMILES string of the molecule is CN(CCC(=O)N1CCN(c2ccc(C#N)cn2)CC1)CC1CCCN1C(=O)OC(C)(C)C. The topological polar surface area (TPSA) is 93.0 Å². The van der Waals surface area contributed by atoms with Gasteiger partial charge in [0.05, 0.1) is 5.56 Å². The predicted octanol–water partition coefficient (Wildman–Crippen LogP) is 2.32. The van der Waals surface area contributed by atoms with E-state index in [9.17, 15) is 9.59 Å². The molecule has 0 aliphatic carbocycles. The Kier molecular flexibility index (Phi) is 8.14. The standard InChI is InChI=1S/C24H36N6O3/c1-24(2,3)33-23(32)30-10-5-6-20(30)18-27(4)11-9-22(31)29-14-12-28(13-15-29)21-8-7-19(16-25)17-26-21/h7-8,17,20H,5-6,9-15,18H2,1-4H3. The van der Waals surface area contributed by atoms with Gasteiger partial charge in [0.1, 0.15) is 17.5 Å². The van der Waals surface area contributed by atoms with Gasteiger partial charge in [-0.1, -0.05) is 0 Å².